The Hall–Kier alpha value is -1.95. The van der Waals surface area contributed by atoms with Gasteiger partial charge in [-0.25, -0.2) is 4.79 Å². The second kappa shape index (κ2) is 9.31. The molecule has 7 heteroatoms. The highest BCUT2D eigenvalue weighted by molar-refractivity contribution is 6.32. The lowest BCUT2D eigenvalue weighted by atomic mass is 10.0. The second-order valence-electron chi connectivity index (χ2n) is 7.23. The van der Waals surface area contributed by atoms with Gasteiger partial charge in [-0.15, -0.1) is 0 Å². The van der Waals surface area contributed by atoms with Crippen molar-refractivity contribution < 1.29 is 14.3 Å². The Kier molecular flexibility index (Phi) is 6.83. The summed E-state index contributed by atoms with van der Waals surface area (Å²) in [5.74, 6) is 1.40. The predicted molar refractivity (Wildman–Crippen MR) is 106 cm³/mol. The number of anilines is 1. The first-order valence-electron chi connectivity index (χ1n) is 9.83. The van der Waals surface area contributed by atoms with Crippen LogP contribution in [0.1, 0.15) is 39.0 Å². The number of nitrogens with zero attached hydrogens (tertiary/aromatic N) is 2. The van der Waals surface area contributed by atoms with Crippen molar-refractivity contribution in [2.45, 2.75) is 39.0 Å². The number of urea groups is 1. The summed E-state index contributed by atoms with van der Waals surface area (Å²) in [5, 5.41) is 3.34. The predicted octanol–water partition coefficient (Wildman–Crippen LogP) is 4.00. The van der Waals surface area contributed by atoms with Crippen molar-refractivity contribution in [3.05, 3.63) is 23.2 Å². The smallest absolute Gasteiger partial charge is 0.321 e. The molecule has 1 heterocycles. The number of hydrogen-bond acceptors (Lipinski definition) is 3. The highest BCUT2D eigenvalue weighted by atomic mass is 35.5. The molecule has 2 fully saturated rings. The van der Waals surface area contributed by atoms with Gasteiger partial charge < -0.3 is 19.9 Å². The van der Waals surface area contributed by atoms with Gasteiger partial charge >= 0.3 is 6.03 Å². The summed E-state index contributed by atoms with van der Waals surface area (Å²) in [4.78, 5) is 28.5. The highest BCUT2D eigenvalue weighted by Crippen LogP contribution is 2.29. The number of halogens is 1. The first kappa shape index (κ1) is 19.8. The molecule has 0 radical (unpaired) electrons. The lowest BCUT2D eigenvalue weighted by Gasteiger charge is -2.35. The fraction of sp³-hybridized carbons (Fsp3) is 0.600. The second-order valence-corrected chi connectivity index (χ2v) is 7.64. The van der Waals surface area contributed by atoms with Gasteiger partial charge in [0, 0.05) is 38.3 Å². The van der Waals surface area contributed by atoms with Crippen molar-refractivity contribution in [1.29, 1.82) is 0 Å². The Balaban J connectivity index is 1.46. The molecule has 0 aromatic heterocycles. The molecule has 3 amide bonds. The first-order valence-corrected chi connectivity index (χ1v) is 10.2. The van der Waals surface area contributed by atoms with Crippen LogP contribution in [0.3, 0.4) is 0 Å². The Morgan fingerprint density at radius 2 is 1.81 bits per heavy atom. The molecule has 0 unspecified atom stereocenters. The summed E-state index contributed by atoms with van der Waals surface area (Å²) >= 11 is 6.17. The van der Waals surface area contributed by atoms with Crippen LogP contribution in [0.15, 0.2) is 18.2 Å². The van der Waals surface area contributed by atoms with Crippen LogP contribution in [-0.4, -0.2) is 54.5 Å². The average Bonchev–Trinajstić information content (AvgIpc) is 3.17. The summed E-state index contributed by atoms with van der Waals surface area (Å²) in [7, 11) is 0. The van der Waals surface area contributed by atoms with Crippen molar-refractivity contribution in [2.75, 3.05) is 38.1 Å². The molecule has 1 aliphatic heterocycles. The van der Waals surface area contributed by atoms with Crippen molar-refractivity contribution in [1.82, 2.24) is 9.80 Å². The molecular weight excluding hydrogens is 366 g/mol. The molecule has 1 saturated carbocycles. The van der Waals surface area contributed by atoms with Crippen LogP contribution in [-0.2, 0) is 4.79 Å². The molecule has 3 rings (SSSR count). The molecule has 1 aliphatic carbocycles. The Labute approximate surface area is 165 Å². The van der Waals surface area contributed by atoms with Gasteiger partial charge in [-0.3, -0.25) is 4.79 Å². The summed E-state index contributed by atoms with van der Waals surface area (Å²) < 4.78 is 5.40. The van der Waals surface area contributed by atoms with Gasteiger partial charge in [0.25, 0.3) is 0 Å². The zero-order chi connectivity index (χ0) is 19.2. The zero-order valence-corrected chi connectivity index (χ0v) is 16.6. The van der Waals surface area contributed by atoms with E-state index in [0.29, 0.717) is 61.6 Å². The van der Waals surface area contributed by atoms with Crippen molar-refractivity contribution in [3.63, 3.8) is 0 Å². The number of nitrogens with one attached hydrogen (secondary N) is 1. The Morgan fingerprint density at radius 3 is 2.44 bits per heavy atom. The molecule has 0 bridgehead atoms. The van der Waals surface area contributed by atoms with Crippen molar-refractivity contribution in [3.8, 4) is 5.75 Å². The normalized spacial score (nSPS) is 17.9. The van der Waals surface area contributed by atoms with E-state index in [-0.39, 0.29) is 11.9 Å². The standard InChI is InChI=1S/C20H28ClN3O3/c1-2-27-18-8-7-16(14-17(18)21)22-20(26)24-11-9-23(10-12-24)19(25)13-15-5-3-4-6-15/h7-8,14-15H,2-6,9-13H2,1H3,(H,22,26). The third-order valence-electron chi connectivity index (χ3n) is 5.34. The maximum absolute atomic E-state index is 12.5. The lowest BCUT2D eigenvalue weighted by Crippen LogP contribution is -2.51. The van der Waals surface area contributed by atoms with E-state index in [9.17, 15) is 9.59 Å². The molecule has 2 aliphatic rings. The van der Waals surface area contributed by atoms with Gasteiger partial charge in [0.15, 0.2) is 0 Å². The SMILES string of the molecule is CCOc1ccc(NC(=O)N2CCN(C(=O)CC3CCCC3)CC2)cc1Cl. The number of benzene rings is 1. The molecule has 148 valence electrons. The van der Waals surface area contributed by atoms with Crippen LogP contribution in [0.2, 0.25) is 5.02 Å². The van der Waals surface area contributed by atoms with Crippen LogP contribution < -0.4 is 10.1 Å². The van der Waals surface area contributed by atoms with Crippen LogP contribution in [0.4, 0.5) is 10.5 Å². The fourth-order valence-electron chi connectivity index (χ4n) is 3.80. The van der Waals surface area contributed by atoms with Gasteiger partial charge in [0.05, 0.1) is 11.6 Å². The third-order valence-corrected chi connectivity index (χ3v) is 5.64. The molecule has 27 heavy (non-hydrogen) atoms. The van der Waals surface area contributed by atoms with Crippen LogP contribution in [0, 0.1) is 5.92 Å². The number of carbonyl (C=O) groups excluding carboxylic acids is 2. The summed E-state index contributed by atoms with van der Waals surface area (Å²) in [6, 6.07) is 5.04. The number of rotatable bonds is 5. The monoisotopic (exact) mass is 393 g/mol. The molecule has 1 aromatic carbocycles. The molecular formula is C20H28ClN3O3. The summed E-state index contributed by atoms with van der Waals surface area (Å²) in [6.07, 6.45) is 5.53. The maximum atomic E-state index is 12.5. The van der Waals surface area contributed by atoms with Gasteiger partial charge in [-0.1, -0.05) is 24.4 Å². The molecule has 6 nitrogen and oxygen atoms in total. The van der Waals surface area contributed by atoms with Gasteiger partial charge in [-0.05, 0) is 43.9 Å². The minimum absolute atomic E-state index is 0.168. The van der Waals surface area contributed by atoms with E-state index in [0.717, 1.165) is 0 Å². The lowest BCUT2D eigenvalue weighted by molar-refractivity contribution is -0.133. The van der Waals surface area contributed by atoms with Crippen LogP contribution in [0.25, 0.3) is 0 Å². The Morgan fingerprint density at radius 1 is 1.15 bits per heavy atom. The zero-order valence-electron chi connectivity index (χ0n) is 15.9. The van der Waals surface area contributed by atoms with Crippen LogP contribution >= 0.6 is 11.6 Å². The topological polar surface area (TPSA) is 61.9 Å². The van der Waals surface area contributed by atoms with E-state index >= 15 is 0 Å². The molecule has 1 N–H and O–H groups in total. The number of hydrogen-bond donors (Lipinski definition) is 1. The number of carbonyl (C=O) groups is 2. The minimum Gasteiger partial charge on any atom is -0.492 e. The number of amides is 3. The maximum Gasteiger partial charge on any atom is 0.321 e. The first-order chi connectivity index (χ1) is 13.1. The highest BCUT2D eigenvalue weighted by Gasteiger charge is 2.26. The average molecular weight is 394 g/mol. The van der Waals surface area contributed by atoms with E-state index in [1.165, 1.54) is 25.7 Å². The van der Waals surface area contributed by atoms with Gasteiger partial charge in [-0.2, -0.15) is 0 Å². The van der Waals surface area contributed by atoms with E-state index in [4.69, 9.17) is 16.3 Å². The van der Waals surface area contributed by atoms with Gasteiger partial charge in [0.1, 0.15) is 5.75 Å². The largest absolute Gasteiger partial charge is 0.492 e. The fourth-order valence-corrected chi connectivity index (χ4v) is 4.04. The van der Waals surface area contributed by atoms with Crippen molar-refractivity contribution in [2.24, 2.45) is 5.92 Å². The molecule has 0 spiro atoms. The summed E-state index contributed by atoms with van der Waals surface area (Å²) in [5.41, 5.74) is 0.633. The molecule has 1 saturated heterocycles. The quantitative estimate of drug-likeness (QED) is 0.822. The van der Waals surface area contributed by atoms with E-state index in [1.54, 1.807) is 23.1 Å². The number of piperazine rings is 1. The molecule has 0 atom stereocenters. The van der Waals surface area contributed by atoms with E-state index in [2.05, 4.69) is 5.32 Å². The third kappa shape index (κ3) is 5.28. The van der Waals surface area contributed by atoms with E-state index < -0.39 is 0 Å². The van der Waals surface area contributed by atoms with Crippen LogP contribution in [0.5, 0.6) is 5.75 Å². The van der Waals surface area contributed by atoms with E-state index in [1.807, 2.05) is 11.8 Å². The number of ether oxygens (including phenoxy) is 1. The summed E-state index contributed by atoms with van der Waals surface area (Å²) in [6.45, 7) is 4.73. The Bertz CT molecular complexity index is 668. The molecule has 1 aromatic rings. The van der Waals surface area contributed by atoms with Gasteiger partial charge in [0.2, 0.25) is 5.91 Å². The van der Waals surface area contributed by atoms with Crippen molar-refractivity contribution >= 4 is 29.2 Å². The minimum atomic E-state index is -0.168.